The van der Waals surface area contributed by atoms with Crippen molar-refractivity contribution in [2.75, 3.05) is 13.7 Å². The lowest BCUT2D eigenvalue weighted by molar-refractivity contribution is -0.135. The molecule has 7 nitrogen and oxygen atoms in total. The number of imidazole rings is 1. The number of likely N-dealkylation sites (tertiary alicyclic amines) is 1. The van der Waals surface area contributed by atoms with E-state index in [1.807, 2.05) is 18.7 Å². The minimum absolute atomic E-state index is 0.0280. The average molecular weight is 308 g/mol. The molecule has 3 atom stereocenters. The van der Waals surface area contributed by atoms with Gasteiger partial charge in [-0.1, -0.05) is 20.8 Å². The van der Waals surface area contributed by atoms with E-state index < -0.39 is 12.1 Å². The van der Waals surface area contributed by atoms with Gasteiger partial charge in [-0.2, -0.15) is 0 Å². The number of rotatable bonds is 4. The van der Waals surface area contributed by atoms with Crippen LogP contribution in [0.15, 0.2) is 12.4 Å². The normalized spacial score (nSPS) is 22.7. The van der Waals surface area contributed by atoms with Gasteiger partial charge in [0.2, 0.25) is 5.91 Å². The Bertz CT molecular complexity index is 515. The predicted octanol–water partition coefficient (Wildman–Crippen LogP) is 1.70. The van der Waals surface area contributed by atoms with Crippen molar-refractivity contribution in [1.82, 2.24) is 20.2 Å². The lowest BCUT2D eigenvalue weighted by Gasteiger charge is -2.30. The maximum absolute atomic E-state index is 12.9. The van der Waals surface area contributed by atoms with Crippen molar-refractivity contribution in [3.05, 3.63) is 18.2 Å². The fourth-order valence-electron chi connectivity index (χ4n) is 2.89. The molecule has 122 valence electrons. The summed E-state index contributed by atoms with van der Waals surface area (Å²) < 4.78 is 4.62. The first-order chi connectivity index (χ1) is 10.4. The summed E-state index contributed by atoms with van der Waals surface area (Å²) in [4.78, 5) is 33.6. The zero-order valence-electron chi connectivity index (χ0n) is 13.5. The number of hydrogen-bond donors (Lipinski definition) is 2. The number of aromatic amines is 1. The van der Waals surface area contributed by atoms with Crippen molar-refractivity contribution < 1.29 is 14.3 Å². The van der Waals surface area contributed by atoms with Gasteiger partial charge < -0.3 is 19.9 Å². The number of ether oxygens (including phenoxy) is 1. The smallest absolute Gasteiger partial charge is 0.407 e. The van der Waals surface area contributed by atoms with Crippen LogP contribution >= 0.6 is 0 Å². The molecule has 0 spiro atoms. The molecular formula is C15H24N4O3. The number of alkyl carbamates (subject to hydrolysis) is 1. The van der Waals surface area contributed by atoms with Crippen LogP contribution in [0.3, 0.4) is 0 Å². The number of hydrogen-bond acceptors (Lipinski definition) is 4. The van der Waals surface area contributed by atoms with E-state index in [0.29, 0.717) is 12.5 Å². The van der Waals surface area contributed by atoms with Crippen LogP contribution in [0.4, 0.5) is 4.79 Å². The Hall–Kier alpha value is -2.05. The lowest BCUT2D eigenvalue weighted by Crippen LogP contribution is -2.51. The summed E-state index contributed by atoms with van der Waals surface area (Å²) in [7, 11) is 1.29. The van der Waals surface area contributed by atoms with Crippen molar-refractivity contribution in [3.8, 4) is 0 Å². The largest absolute Gasteiger partial charge is 0.453 e. The minimum atomic E-state index is -0.602. The summed E-state index contributed by atoms with van der Waals surface area (Å²) in [6.07, 6.45) is 3.72. The van der Waals surface area contributed by atoms with E-state index in [4.69, 9.17) is 0 Å². The first-order valence-corrected chi connectivity index (χ1v) is 7.58. The third kappa shape index (κ3) is 3.40. The van der Waals surface area contributed by atoms with E-state index in [1.165, 1.54) is 7.11 Å². The first-order valence-electron chi connectivity index (χ1n) is 7.58. The van der Waals surface area contributed by atoms with E-state index in [1.54, 1.807) is 12.4 Å². The van der Waals surface area contributed by atoms with E-state index in [2.05, 4.69) is 26.9 Å². The van der Waals surface area contributed by atoms with Crippen molar-refractivity contribution in [2.45, 2.75) is 39.3 Å². The fourth-order valence-corrected chi connectivity index (χ4v) is 2.89. The summed E-state index contributed by atoms with van der Waals surface area (Å²) >= 11 is 0. The standard InChI is InChI=1S/C15H24N4O3/c1-9(2)12(18-15(21)22-4)14(20)19-8-10(3)7-11(19)13-16-5-6-17-13/h5-6,9-12H,7-8H2,1-4H3,(H,16,17)(H,18,21)/t10-,11-,12-/m0/s1. The predicted molar refractivity (Wildman–Crippen MR) is 81.0 cm³/mol. The van der Waals surface area contributed by atoms with Gasteiger partial charge in [0.05, 0.1) is 13.2 Å². The molecule has 1 aromatic rings. The number of amides is 2. The molecule has 2 amide bonds. The molecule has 1 fully saturated rings. The third-order valence-corrected chi connectivity index (χ3v) is 4.02. The lowest BCUT2D eigenvalue weighted by atomic mass is 10.0. The van der Waals surface area contributed by atoms with Crippen LogP contribution < -0.4 is 5.32 Å². The number of H-pyrrole nitrogens is 1. The molecule has 0 bridgehead atoms. The van der Waals surface area contributed by atoms with E-state index in [-0.39, 0.29) is 17.9 Å². The fraction of sp³-hybridized carbons (Fsp3) is 0.667. The van der Waals surface area contributed by atoms with E-state index in [0.717, 1.165) is 12.2 Å². The van der Waals surface area contributed by atoms with Gasteiger partial charge in [0.15, 0.2) is 0 Å². The van der Waals surface area contributed by atoms with Crippen LogP contribution in [0, 0.1) is 11.8 Å². The van der Waals surface area contributed by atoms with E-state index in [9.17, 15) is 9.59 Å². The number of aromatic nitrogens is 2. The Morgan fingerprint density at radius 1 is 1.50 bits per heavy atom. The van der Waals surface area contributed by atoms with Crippen molar-refractivity contribution in [1.29, 1.82) is 0 Å². The molecular weight excluding hydrogens is 284 g/mol. The maximum atomic E-state index is 12.9. The molecule has 22 heavy (non-hydrogen) atoms. The SMILES string of the molecule is COC(=O)N[C@H](C(=O)N1C[C@@H](C)C[C@H]1c1ncc[nH]1)C(C)C. The summed E-state index contributed by atoms with van der Waals surface area (Å²) in [5, 5.41) is 2.64. The average Bonchev–Trinajstić information content (AvgIpc) is 3.12. The second kappa shape index (κ2) is 6.81. The van der Waals surface area contributed by atoms with Gasteiger partial charge in [0, 0.05) is 18.9 Å². The Morgan fingerprint density at radius 2 is 2.23 bits per heavy atom. The van der Waals surface area contributed by atoms with Crippen LogP contribution in [0.5, 0.6) is 0 Å². The molecule has 1 aromatic heterocycles. The van der Waals surface area contributed by atoms with Gasteiger partial charge in [0.1, 0.15) is 11.9 Å². The molecule has 7 heteroatoms. The molecule has 1 aliphatic heterocycles. The Kier molecular flexibility index (Phi) is 5.05. The number of carbonyl (C=O) groups excluding carboxylic acids is 2. The molecule has 0 radical (unpaired) electrons. The summed E-state index contributed by atoms with van der Waals surface area (Å²) in [5.41, 5.74) is 0. The molecule has 2 heterocycles. The van der Waals surface area contributed by atoms with Crippen LogP contribution in [0.25, 0.3) is 0 Å². The Balaban J connectivity index is 2.19. The number of methoxy groups -OCH3 is 1. The molecule has 2 N–H and O–H groups in total. The van der Waals surface area contributed by atoms with Gasteiger partial charge in [-0.15, -0.1) is 0 Å². The molecule has 0 aliphatic carbocycles. The molecule has 2 rings (SSSR count). The summed E-state index contributed by atoms with van der Waals surface area (Å²) in [6, 6.07) is -0.673. The highest BCUT2D eigenvalue weighted by molar-refractivity contribution is 5.86. The highest BCUT2D eigenvalue weighted by Crippen LogP contribution is 2.34. The van der Waals surface area contributed by atoms with Crippen molar-refractivity contribution >= 4 is 12.0 Å². The quantitative estimate of drug-likeness (QED) is 0.886. The van der Waals surface area contributed by atoms with Gasteiger partial charge in [0.25, 0.3) is 0 Å². The third-order valence-electron chi connectivity index (χ3n) is 4.02. The van der Waals surface area contributed by atoms with Crippen LogP contribution in [-0.4, -0.2) is 46.6 Å². The topological polar surface area (TPSA) is 87.3 Å². The second-order valence-corrected chi connectivity index (χ2v) is 6.18. The van der Waals surface area contributed by atoms with Crippen LogP contribution in [0.2, 0.25) is 0 Å². The van der Waals surface area contributed by atoms with Crippen LogP contribution in [0.1, 0.15) is 39.1 Å². The molecule has 1 aliphatic rings. The van der Waals surface area contributed by atoms with Gasteiger partial charge in [-0.25, -0.2) is 9.78 Å². The zero-order chi connectivity index (χ0) is 16.3. The number of carbonyl (C=O) groups is 2. The van der Waals surface area contributed by atoms with E-state index >= 15 is 0 Å². The summed E-state index contributed by atoms with van der Waals surface area (Å²) in [5.74, 6) is 1.06. The van der Waals surface area contributed by atoms with Crippen LogP contribution in [-0.2, 0) is 9.53 Å². The minimum Gasteiger partial charge on any atom is -0.453 e. The second-order valence-electron chi connectivity index (χ2n) is 6.18. The molecule has 0 aromatic carbocycles. The Morgan fingerprint density at radius 3 is 2.77 bits per heavy atom. The van der Waals surface area contributed by atoms with Crippen molar-refractivity contribution in [2.24, 2.45) is 11.8 Å². The maximum Gasteiger partial charge on any atom is 0.407 e. The van der Waals surface area contributed by atoms with Gasteiger partial charge >= 0.3 is 6.09 Å². The molecule has 1 saturated heterocycles. The highest BCUT2D eigenvalue weighted by atomic mass is 16.5. The first kappa shape index (κ1) is 16.3. The zero-order valence-corrected chi connectivity index (χ0v) is 13.5. The van der Waals surface area contributed by atoms with Gasteiger partial charge in [-0.05, 0) is 18.3 Å². The number of nitrogens with one attached hydrogen (secondary N) is 2. The van der Waals surface area contributed by atoms with Crippen molar-refractivity contribution in [3.63, 3.8) is 0 Å². The monoisotopic (exact) mass is 308 g/mol. The highest BCUT2D eigenvalue weighted by Gasteiger charge is 2.39. The number of nitrogens with zero attached hydrogens (tertiary/aromatic N) is 2. The van der Waals surface area contributed by atoms with Gasteiger partial charge in [-0.3, -0.25) is 4.79 Å². The summed E-state index contributed by atoms with van der Waals surface area (Å²) in [6.45, 7) is 6.58. The molecule has 0 saturated carbocycles. The Labute approximate surface area is 130 Å². The molecule has 0 unspecified atom stereocenters.